The minimum absolute atomic E-state index is 0.325. The van der Waals surface area contributed by atoms with Crippen molar-refractivity contribution in [3.05, 3.63) is 29.8 Å². The van der Waals surface area contributed by atoms with Gasteiger partial charge in [0.25, 0.3) is 0 Å². The first-order valence-corrected chi connectivity index (χ1v) is 7.22. The minimum Gasteiger partial charge on any atom is -0.329 e. The van der Waals surface area contributed by atoms with Gasteiger partial charge in [0.15, 0.2) is 0 Å². The molecular formula is C12H21N3O2S. The molecule has 1 rings (SSSR count). The SMILES string of the molecule is CN(CCN)Cc1cccc(S(=O)(=O)N(C)C)c1. The van der Waals surface area contributed by atoms with E-state index in [1.807, 2.05) is 13.1 Å². The van der Waals surface area contributed by atoms with Gasteiger partial charge in [-0.15, -0.1) is 0 Å². The molecule has 0 saturated heterocycles. The molecule has 0 aliphatic heterocycles. The zero-order chi connectivity index (χ0) is 13.8. The van der Waals surface area contributed by atoms with E-state index in [4.69, 9.17) is 5.73 Å². The molecule has 1 aromatic carbocycles. The average molecular weight is 271 g/mol. The third-order valence-corrected chi connectivity index (χ3v) is 4.45. The highest BCUT2D eigenvalue weighted by atomic mass is 32.2. The van der Waals surface area contributed by atoms with Crippen molar-refractivity contribution < 1.29 is 8.42 Å². The van der Waals surface area contributed by atoms with Crippen molar-refractivity contribution in [2.45, 2.75) is 11.4 Å². The van der Waals surface area contributed by atoms with E-state index in [0.29, 0.717) is 18.0 Å². The Morgan fingerprint density at radius 2 is 1.89 bits per heavy atom. The van der Waals surface area contributed by atoms with Crippen molar-refractivity contribution >= 4 is 10.0 Å². The zero-order valence-electron chi connectivity index (χ0n) is 11.1. The molecule has 0 aromatic heterocycles. The second kappa shape index (κ2) is 6.29. The van der Waals surface area contributed by atoms with Crippen LogP contribution in [0, 0.1) is 0 Å². The molecule has 0 fully saturated rings. The summed E-state index contributed by atoms with van der Waals surface area (Å²) in [5, 5.41) is 0. The van der Waals surface area contributed by atoms with Crippen molar-refractivity contribution in [3.63, 3.8) is 0 Å². The fourth-order valence-electron chi connectivity index (χ4n) is 1.63. The quantitative estimate of drug-likeness (QED) is 0.809. The van der Waals surface area contributed by atoms with Gasteiger partial charge in [0.05, 0.1) is 4.90 Å². The first kappa shape index (κ1) is 15.1. The summed E-state index contributed by atoms with van der Waals surface area (Å²) in [5.41, 5.74) is 6.44. The van der Waals surface area contributed by atoms with Crippen molar-refractivity contribution in [2.24, 2.45) is 5.73 Å². The summed E-state index contributed by atoms with van der Waals surface area (Å²) in [7, 11) is 1.66. The Morgan fingerprint density at radius 3 is 2.44 bits per heavy atom. The van der Waals surface area contributed by atoms with Gasteiger partial charge < -0.3 is 10.6 Å². The van der Waals surface area contributed by atoms with Gasteiger partial charge in [0.1, 0.15) is 0 Å². The lowest BCUT2D eigenvalue weighted by Gasteiger charge is -2.17. The van der Waals surface area contributed by atoms with Crippen LogP contribution in [0.3, 0.4) is 0 Å². The van der Waals surface area contributed by atoms with E-state index in [0.717, 1.165) is 12.1 Å². The summed E-state index contributed by atoms with van der Waals surface area (Å²) >= 11 is 0. The molecular weight excluding hydrogens is 250 g/mol. The van der Waals surface area contributed by atoms with Crippen LogP contribution in [0.4, 0.5) is 0 Å². The fourth-order valence-corrected chi connectivity index (χ4v) is 2.60. The molecule has 1 aromatic rings. The third kappa shape index (κ3) is 3.78. The summed E-state index contributed by atoms with van der Waals surface area (Å²) < 4.78 is 25.2. The Morgan fingerprint density at radius 1 is 1.22 bits per heavy atom. The van der Waals surface area contributed by atoms with E-state index in [-0.39, 0.29) is 0 Å². The minimum atomic E-state index is -3.36. The Kier molecular flexibility index (Phi) is 5.28. The second-order valence-corrected chi connectivity index (χ2v) is 6.61. The standard InChI is InChI=1S/C12H21N3O2S/c1-14(2)18(16,17)12-6-4-5-11(9-12)10-15(3)8-7-13/h4-6,9H,7-8,10,13H2,1-3H3. The molecule has 0 amide bonds. The van der Waals surface area contributed by atoms with Crippen LogP contribution >= 0.6 is 0 Å². The number of sulfonamides is 1. The predicted molar refractivity (Wildman–Crippen MR) is 72.7 cm³/mol. The van der Waals surface area contributed by atoms with E-state index in [1.165, 1.54) is 18.4 Å². The van der Waals surface area contributed by atoms with Crippen LogP contribution in [0.2, 0.25) is 0 Å². The monoisotopic (exact) mass is 271 g/mol. The van der Waals surface area contributed by atoms with Crippen LogP contribution in [0.5, 0.6) is 0 Å². The van der Waals surface area contributed by atoms with Crippen molar-refractivity contribution in [1.29, 1.82) is 0 Å². The van der Waals surface area contributed by atoms with Gasteiger partial charge in [0.2, 0.25) is 10.0 Å². The smallest absolute Gasteiger partial charge is 0.242 e. The van der Waals surface area contributed by atoms with Crippen molar-refractivity contribution in [1.82, 2.24) is 9.21 Å². The van der Waals surface area contributed by atoms with Crippen LogP contribution in [-0.4, -0.2) is 51.9 Å². The first-order chi connectivity index (χ1) is 8.37. The van der Waals surface area contributed by atoms with Gasteiger partial charge in [-0.1, -0.05) is 12.1 Å². The normalized spacial score (nSPS) is 12.3. The van der Waals surface area contributed by atoms with Crippen LogP contribution in [0.15, 0.2) is 29.2 Å². The van der Waals surface area contributed by atoms with Crippen molar-refractivity contribution in [3.8, 4) is 0 Å². The molecule has 102 valence electrons. The number of likely N-dealkylation sites (N-methyl/N-ethyl adjacent to an activating group) is 1. The molecule has 18 heavy (non-hydrogen) atoms. The van der Waals surface area contributed by atoms with E-state index >= 15 is 0 Å². The predicted octanol–water partition coefficient (Wildman–Crippen LogP) is 0.327. The Labute approximate surface area is 109 Å². The van der Waals surface area contributed by atoms with E-state index in [9.17, 15) is 8.42 Å². The Hall–Kier alpha value is -0.950. The highest BCUT2D eigenvalue weighted by Gasteiger charge is 2.17. The molecule has 0 bridgehead atoms. The van der Waals surface area contributed by atoms with Gasteiger partial charge in [0, 0.05) is 33.7 Å². The summed E-state index contributed by atoms with van der Waals surface area (Å²) in [5.74, 6) is 0. The Balaban J connectivity index is 2.93. The number of nitrogens with two attached hydrogens (primary N) is 1. The van der Waals surface area contributed by atoms with Gasteiger partial charge in [-0.25, -0.2) is 12.7 Å². The summed E-state index contributed by atoms with van der Waals surface area (Å²) in [4.78, 5) is 2.38. The summed E-state index contributed by atoms with van der Waals surface area (Å²) in [6.07, 6.45) is 0. The van der Waals surface area contributed by atoms with Crippen LogP contribution in [0.25, 0.3) is 0 Å². The maximum absolute atomic E-state index is 12.0. The summed E-state index contributed by atoms with van der Waals surface area (Å²) in [6, 6.07) is 7.01. The number of nitrogens with zero attached hydrogens (tertiary/aromatic N) is 2. The van der Waals surface area contributed by atoms with Gasteiger partial charge in [-0.2, -0.15) is 0 Å². The van der Waals surface area contributed by atoms with Gasteiger partial charge in [-0.05, 0) is 24.7 Å². The maximum Gasteiger partial charge on any atom is 0.242 e. The molecule has 0 radical (unpaired) electrons. The third-order valence-electron chi connectivity index (χ3n) is 2.64. The number of rotatable bonds is 6. The van der Waals surface area contributed by atoms with E-state index < -0.39 is 10.0 Å². The zero-order valence-corrected chi connectivity index (χ0v) is 11.9. The molecule has 0 unspecified atom stereocenters. The fraction of sp³-hybridized carbons (Fsp3) is 0.500. The molecule has 0 aliphatic rings. The summed E-state index contributed by atoms with van der Waals surface area (Å²) in [6.45, 7) is 2.06. The van der Waals surface area contributed by atoms with E-state index in [2.05, 4.69) is 4.90 Å². The molecule has 0 spiro atoms. The average Bonchev–Trinajstić information content (AvgIpc) is 2.29. The second-order valence-electron chi connectivity index (χ2n) is 4.46. The lowest BCUT2D eigenvalue weighted by molar-refractivity contribution is 0.336. The highest BCUT2D eigenvalue weighted by molar-refractivity contribution is 7.89. The number of hydrogen-bond donors (Lipinski definition) is 1. The number of benzene rings is 1. The van der Waals surface area contributed by atoms with Crippen LogP contribution < -0.4 is 5.73 Å². The molecule has 5 nitrogen and oxygen atoms in total. The van der Waals surface area contributed by atoms with Gasteiger partial charge in [-0.3, -0.25) is 0 Å². The largest absolute Gasteiger partial charge is 0.329 e. The first-order valence-electron chi connectivity index (χ1n) is 5.78. The maximum atomic E-state index is 12.0. The van der Waals surface area contributed by atoms with Crippen LogP contribution in [0.1, 0.15) is 5.56 Å². The van der Waals surface area contributed by atoms with Crippen molar-refractivity contribution in [2.75, 3.05) is 34.2 Å². The molecule has 0 atom stereocenters. The highest BCUT2D eigenvalue weighted by Crippen LogP contribution is 2.15. The molecule has 0 heterocycles. The topological polar surface area (TPSA) is 66.6 Å². The van der Waals surface area contributed by atoms with Gasteiger partial charge >= 0.3 is 0 Å². The Bertz CT molecular complexity index is 486. The molecule has 0 aliphatic carbocycles. The number of hydrogen-bond acceptors (Lipinski definition) is 4. The molecule has 2 N–H and O–H groups in total. The lowest BCUT2D eigenvalue weighted by Crippen LogP contribution is -2.25. The lowest BCUT2D eigenvalue weighted by atomic mass is 10.2. The van der Waals surface area contributed by atoms with E-state index in [1.54, 1.807) is 18.2 Å². The molecule has 6 heteroatoms. The van der Waals surface area contributed by atoms with Crippen LogP contribution in [-0.2, 0) is 16.6 Å². The molecule has 0 saturated carbocycles.